The Morgan fingerprint density at radius 3 is 1.50 bits per heavy atom. The van der Waals surface area contributed by atoms with Crippen molar-refractivity contribution in [2.75, 3.05) is 13.2 Å². The molecule has 0 aliphatic heterocycles. The molecule has 0 aliphatic carbocycles. The molecule has 0 aliphatic rings. The largest absolute Gasteiger partial charge is 0.466 e. The molecule has 0 saturated heterocycles. The number of esters is 1. The summed E-state index contributed by atoms with van der Waals surface area (Å²) in [6.45, 7) is 6.88. The normalized spacial score (nSPS) is 6.43. The molecule has 0 spiro atoms. The van der Waals surface area contributed by atoms with E-state index < -0.39 is 0 Å². The third kappa shape index (κ3) is 170. The molecular weight excluding hydrogens is 275 g/mol. The van der Waals surface area contributed by atoms with Crippen LogP contribution < -0.4 is 0 Å². The Balaban J connectivity index is -0.0000000553. The second-order valence-corrected chi connectivity index (χ2v) is 2.24. The molecule has 0 radical (unpaired) electrons. The summed E-state index contributed by atoms with van der Waals surface area (Å²) in [7, 11) is 0. The molecular formula is C8H18BrClO4. The Hall–Kier alpha value is -0.130. The van der Waals surface area contributed by atoms with E-state index in [9.17, 15) is 9.59 Å². The number of ether oxygens (including phenoxy) is 1. The van der Waals surface area contributed by atoms with Gasteiger partial charge in [-0.2, -0.15) is 0 Å². The molecule has 14 heavy (non-hydrogen) atoms. The van der Waals surface area contributed by atoms with Gasteiger partial charge >= 0.3 is 5.97 Å². The lowest BCUT2D eigenvalue weighted by atomic mass is 10.8. The van der Waals surface area contributed by atoms with Crippen molar-refractivity contribution in [1.29, 1.82) is 0 Å². The molecule has 0 atom stereocenters. The van der Waals surface area contributed by atoms with Gasteiger partial charge < -0.3 is 9.84 Å². The summed E-state index contributed by atoms with van der Waals surface area (Å²) in [4.78, 5) is 19.0. The fraction of sp³-hybridized carbons (Fsp3) is 0.750. The highest BCUT2D eigenvalue weighted by Gasteiger charge is 1.81. The highest BCUT2D eigenvalue weighted by Crippen LogP contribution is 1.69. The molecule has 0 rings (SSSR count). The molecule has 0 fully saturated rings. The first kappa shape index (κ1) is 23.6. The number of hydrogen-bond donors (Lipinski definition) is 1. The van der Waals surface area contributed by atoms with Crippen LogP contribution in [0.5, 0.6) is 0 Å². The minimum atomic E-state index is -0.361. The van der Waals surface area contributed by atoms with E-state index in [1.54, 1.807) is 13.8 Å². The average Bonchev–Trinajstić information content (AvgIpc) is 1.86. The summed E-state index contributed by atoms with van der Waals surface area (Å²) in [6.07, 6.45) is 0. The molecule has 0 unspecified atom stereocenters. The fourth-order valence-electron chi connectivity index (χ4n) is 0.203. The molecule has 0 amide bonds. The molecule has 0 bridgehead atoms. The monoisotopic (exact) mass is 292 g/mol. The van der Waals surface area contributed by atoms with Crippen LogP contribution in [0.4, 0.5) is 0 Å². The van der Waals surface area contributed by atoms with Crippen molar-refractivity contribution in [1.82, 2.24) is 0 Å². The number of halogens is 2. The van der Waals surface area contributed by atoms with Gasteiger partial charge in [-0.1, -0.05) is 0 Å². The molecule has 1 N–H and O–H groups in total. The quantitative estimate of drug-likeness (QED) is 0.592. The van der Waals surface area contributed by atoms with E-state index in [1.165, 1.54) is 13.8 Å². The van der Waals surface area contributed by atoms with Crippen LogP contribution in [0.3, 0.4) is 0 Å². The zero-order chi connectivity index (χ0) is 11.3. The lowest BCUT2D eigenvalue weighted by molar-refractivity contribution is -0.140. The summed E-state index contributed by atoms with van der Waals surface area (Å²) < 4.78 is 4.40. The van der Waals surface area contributed by atoms with Crippen molar-refractivity contribution < 1.29 is 19.4 Å². The van der Waals surface area contributed by atoms with Crippen molar-refractivity contribution in [3.63, 3.8) is 0 Å². The third-order valence-electron chi connectivity index (χ3n) is 0.348. The van der Waals surface area contributed by atoms with Crippen LogP contribution >= 0.6 is 28.6 Å². The Kier molecular flexibility index (Phi) is 38.8. The van der Waals surface area contributed by atoms with Crippen molar-refractivity contribution in [3.05, 3.63) is 0 Å². The first-order valence-corrected chi connectivity index (χ1v) is 4.20. The highest BCUT2D eigenvalue weighted by molar-refractivity contribution is 8.93. The predicted molar refractivity (Wildman–Crippen MR) is 61.9 cm³/mol. The van der Waals surface area contributed by atoms with Gasteiger partial charge in [-0.05, 0) is 25.4 Å². The zero-order valence-corrected chi connectivity index (χ0v) is 11.3. The molecule has 0 saturated carbocycles. The summed E-state index contributed by atoms with van der Waals surface area (Å²) in [6, 6.07) is 0. The van der Waals surface area contributed by atoms with Crippen LogP contribution in [0, 0.1) is 0 Å². The van der Waals surface area contributed by atoms with Crippen molar-refractivity contribution in [3.8, 4) is 0 Å². The van der Waals surface area contributed by atoms with Gasteiger partial charge in [0, 0.05) is 20.5 Å². The topological polar surface area (TPSA) is 63.6 Å². The summed E-state index contributed by atoms with van der Waals surface area (Å²) in [5.74, 6) is -0.211. The maximum Gasteiger partial charge on any atom is 0.302 e. The first-order valence-electron chi connectivity index (χ1n) is 3.82. The minimum Gasteiger partial charge on any atom is -0.466 e. The maximum atomic E-state index is 9.82. The van der Waals surface area contributed by atoms with Gasteiger partial charge in [0.15, 0.2) is 0 Å². The molecule has 0 aromatic heterocycles. The van der Waals surface area contributed by atoms with Crippen LogP contribution in [-0.2, 0) is 14.3 Å². The van der Waals surface area contributed by atoms with E-state index in [0.717, 1.165) is 0 Å². The Morgan fingerprint density at radius 1 is 1.29 bits per heavy atom. The van der Waals surface area contributed by atoms with E-state index in [4.69, 9.17) is 5.11 Å². The SMILES string of the molecule is Br.CC(=O)Cl.CCO.CCOC(C)=O. The molecule has 4 nitrogen and oxygen atoms in total. The molecule has 0 aromatic carbocycles. The lowest BCUT2D eigenvalue weighted by Gasteiger charge is -1.89. The van der Waals surface area contributed by atoms with Crippen molar-refractivity contribution >= 4 is 39.8 Å². The second-order valence-electron chi connectivity index (χ2n) is 1.71. The third-order valence-corrected chi connectivity index (χ3v) is 0.348. The van der Waals surface area contributed by atoms with Crippen LogP contribution in [0.2, 0.25) is 0 Å². The number of carbonyl (C=O) groups excluding carboxylic acids is 2. The average molecular weight is 294 g/mol. The van der Waals surface area contributed by atoms with E-state index >= 15 is 0 Å². The molecule has 88 valence electrons. The van der Waals surface area contributed by atoms with Crippen LogP contribution in [-0.4, -0.2) is 29.5 Å². The Morgan fingerprint density at radius 2 is 1.50 bits per heavy atom. The first-order chi connectivity index (χ1) is 5.92. The number of aliphatic hydroxyl groups excluding tert-OH is 1. The lowest BCUT2D eigenvalue weighted by Crippen LogP contribution is -1.95. The number of carbonyl (C=O) groups is 2. The molecule has 6 heteroatoms. The zero-order valence-electron chi connectivity index (χ0n) is 8.87. The number of rotatable bonds is 1. The van der Waals surface area contributed by atoms with E-state index in [2.05, 4.69) is 16.3 Å². The van der Waals surface area contributed by atoms with Gasteiger partial charge in [0.25, 0.3) is 0 Å². The van der Waals surface area contributed by atoms with Crippen molar-refractivity contribution in [2.24, 2.45) is 0 Å². The van der Waals surface area contributed by atoms with Crippen molar-refractivity contribution in [2.45, 2.75) is 27.7 Å². The summed E-state index contributed by atoms with van der Waals surface area (Å²) in [5, 5.41) is 7.21. The smallest absolute Gasteiger partial charge is 0.302 e. The summed E-state index contributed by atoms with van der Waals surface area (Å²) >= 11 is 4.64. The van der Waals surface area contributed by atoms with Gasteiger partial charge in [-0.3, -0.25) is 9.59 Å². The van der Waals surface area contributed by atoms with Gasteiger partial charge in [0.05, 0.1) is 6.61 Å². The number of hydrogen-bond acceptors (Lipinski definition) is 4. The van der Waals surface area contributed by atoms with Gasteiger partial charge in [0.1, 0.15) is 0 Å². The van der Waals surface area contributed by atoms with Crippen LogP contribution in [0.15, 0.2) is 0 Å². The maximum absolute atomic E-state index is 9.82. The van der Waals surface area contributed by atoms with Gasteiger partial charge in [-0.15, -0.1) is 17.0 Å². The highest BCUT2D eigenvalue weighted by atomic mass is 79.9. The van der Waals surface area contributed by atoms with E-state index in [0.29, 0.717) is 6.61 Å². The summed E-state index contributed by atoms with van der Waals surface area (Å²) in [5.41, 5.74) is 0. The van der Waals surface area contributed by atoms with E-state index in [-0.39, 0.29) is 34.8 Å². The standard InChI is InChI=1S/C4H8O2.C2H3ClO.C2H6O.BrH/c1-3-6-4(2)5;1-2(3)4;1-2-3;/h3H2,1-2H3;1H3;3H,2H2,1H3;1H. The molecule has 0 heterocycles. The minimum absolute atomic E-state index is 0. The Bertz CT molecular complexity index is 127. The molecule has 0 aromatic rings. The predicted octanol–water partition coefficient (Wildman–Crippen LogP) is 1.92. The van der Waals surface area contributed by atoms with Crippen LogP contribution in [0.25, 0.3) is 0 Å². The Labute approximate surface area is 100 Å². The fourth-order valence-corrected chi connectivity index (χ4v) is 0.203. The van der Waals surface area contributed by atoms with Crippen LogP contribution in [0.1, 0.15) is 27.7 Å². The van der Waals surface area contributed by atoms with Gasteiger partial charge in [0.2, 0.25) is 5.24 Å². The van der Waals surface area contributed by atoms with E-state index in [1.807, 2.05) is 0 Å². The van der Waals surface area contributed by atoms with Gasteiger partial charge in [-0.25, -0.2) is 0 Å². The number of aliphatic hydroxyl groups is 1. The second kappa shape index (κ2) is 23.0.